The van der Waals surface area contributed by atoms with Crippen molar-refractivity contribution >= 4 is 11.9 Å². The van der Waals surface area contributed by atoms with E-state index in [4.69, 9.17) is 5.41 Å². The maximum absolute atomic E-state index is 13.0. The van der Waals surface area contributed by atoms with E-state index in [0.717, 1.165) is 11.1 Å². The third kappa shape index (κ3) is 1.88. The number of benzene rings is 1. The zero-order valence-electron chi connectivity index (χ0n) is 9.75. The molecule has 1 aromatic rings. The van der Waals surface area contributed by atoms with E-state index in [1.165, 1.54) is 12.1 Å². The van der Waals surface area contributed by atoms with E-state index in [2.05, 4.69) is 5.32 Å². The number of halogens is 1. The molecule has 90 valence electrons. The van der Waals surface area contributed by atoms with Gasteiger partial charge in [0, 0.05) is 6.54 Å². The van der Waals surface area contributed by atoms with Crippen LogP contribution in [-0.2, 0) is 0 Å². The average Bonchev–Trinajstić information content (AvgIpc) is 2.53. The molecule has 0 aliphatic carbocycles. The molecule has 1 atom stereocenters. The molecule has 5 heteroatoms. The van der Waals surface area contributed by atoms with E-state index in [1.807, 2.05) is 6.92 Å². The van der Waals surface area contributed by atoms with Gasteiger partial charge >= 0.3 is 6.03 Å². The molecule has 1 aliphatic heterocycles. The lowest BCUT2D eigenvalue weighted by molar-refractivity contribution is 0.209. The second kappa shape index (κ2) is 4.16. The topological polar surface area (TPSA) is 56.2 Å². The Kier molecular flexibility index (Phi) is 2.83. The molecule has 4 nitrogen and oxygen atoms in total. The van der Waals surface area contributed by atoms with Crippen molar-refractivity contribution in [3.63, 3.8) is 0 Å². The predicted molar refractivity (Wildman–Crippen MR) is 62.5 cm³/mol. The largest absolute Gasteiger partial charge is 0.323 e. The average molecular weight is 235 g/mol. The van der Waals surface area contributed by atoms with Crippen LogP contribution in [0.15, 0.2) is 18.2 Å². The van der Waals surface area contributed by atoms with Crippen LogP contribution in [0, 0.1) is 18.2 Å². The highest BCUT2D eigenvalue weighted by Gasteiger charge is 2.36. The second-order valence-corrected chi connectivity index (χ2v) is 4.03. The molecule has 1 unspecified atom stereocenters. The highest BCUT2D eigenvalue weighted by atomic mass is 19.1. The van der Waals surface area contributed by atoms with Gasteiger partial charge < -0.3 is 4.90 Å². The first kappa shape index (κ1) is 11.6. The zero-order chi connectivity index (χ0) is 12.6. The molecular weight excluding hydrogens is 221 g/mol. The molecule has 17 heavy (non-hydrogen) atoms. The minimum absolute atomic E-state index is 0.145. The van der Waals surface area contributed by atoms with E-state index in [1.54, 1.807) is 17.9 Å². The molecule has 2 amide bonds. The number of carbonyl (C=O) groups excluding carboxylic acids is 1. The summed E-state index contributed by atoms with van der Waals surface area (Å²) in [5.74, 6) is -0.162. The van der Waals surface area contributed by atoms with E-state index >= 15 is 0 Å². The fraction of sp³-hybridized carbons (Fsp3) is 0.333. The molecule has 1 aliphatic rings. The third-order valence-corrected chi connectivity index (χ3v) is 2.95. The second-order valence-electron chi connectivity index (χ2n) is 4.03. The molecule has 1 fully saturated rings. The Morgan fingerprint density at radius 3 is 2.82 bits per heavy atom. The van der Waals surface area contributed by atoms with Crippen molar-refractivity contribution in [1.82, 2.24) is 10.2 Å². The minimum atomic E-state index is -0.423. The number of nitrogens with one attached hydrogen (secondary N) is 2. The van der Waals surface area contributed by atoms with Gasteiger partial charge in [0.25, 0.3) is 0 Å². The van der Waals surface area contributed by atoms with Gasteiger partial charge in [0.05, 0.1) is 0 Å². The number of amidine groups is 1. The zero-order valence-corrected chi connectivity index (χ0v) is 9.75. The molecule has 0 spiro atoms. The predicted octanol–water partition coefficient (Wildman–Crippen LogP) is 2.20. The molecular formula is C12H14FN3O. The molecule has 0 saturated carbocycles. The molecule has 2 rings (SSSR count). The van der Waals surface area contributed by atoms with E-state index in [0.29, 0.717) is 6.54 Å². The summed E-state index contributed by atoms with van der Waals surface area (Å²) in [6.07, 6.45) is 0. The number of amides is 2. The van der Waals surface area contributed by atoms with Gasteiger partial charge in [-0.15, -0.1) is 0 Å². The summed E-state index contributed by atoms with van der Waals surface area (Å²) < 4.78 is 13.0. The summed E-state index contributed by atoms with van der Waals surface area (Å²) in [6, 6.07) is 3.71. The first-order valence-electron chi connectivity index (χ1n) is 5.46. The maximum Gasteiger partial charge on any atom is 0.323 e. The van der Waals surface area contributed by atoms with E-state index in [9.17, 15) is 9.18 Å². The molecule has 2 N–H and O–H groups in total. The molecule has 0 bridgehead atoms. The van der Waals surface area contributed by atoms with Crippen LogP contribution in [0.3, 0.4) is 0 Å². The van der Waals surface area contributed by atoms with Gasteiger partial charge in [0.2, 0.25) is 0 Å². The lowest BCUT2D eigenvalue weighted by Crippen LogP contribution is -2.29. The number of urea groups is 1. The molecule has 1 aromatic carbocycles. The lowest BCUT2D eigenvalue weighted by atomic mass is 10.00. The maximum atomic E-state index is 13.0. The van der Waals surface area contributed by atoms with Crippen molar-refractivity contribution in [3.8, 4) is 0 Å². The van der Waals surface area contributed by atoms with Crippen LogP contribution in [0.5, 0.6) is 0 Å². The summed E-state index contributed by atoms with van der Waals surface area (Å²) >= 11 is 0. The van der Waals surface area contributed by atoms with Gasteiger partial charge in [-0.05, 0) is 37.1 Å². The Balaban J connectivity index is 2.44. The number of aryl methyl sites for hydroxylation is 1. The van der Waals surface area contributed by atoms with Gasteiger partial charge in [-0.3, -0.25) is 10.7 Å². The first-order valence-corrected chi connectivity index (χ1v) is 5.46. The fourth-order valence-corrected chi connectivity index (χ4v) is 2.12. The molecule has 0 radical (unpaired) electrons. The summed E-state index contributed by atoms with van der Waals surface area (Å²) in [6.45, 7) is 4.14. The molecule has 1 saturated heterocycles. The van der Waals surface area contributed by atoms with Gasteiger partial charge in [0.15, 0.2) is 0 Å². The summed E-state index contributed by atoms with van der Waals surface area (Å²) in [7, 11) is 0. The van der Waals surface area contributed by atoms with Gasteiger partial charge in [0.1, 0.15) is 17.7 Å². The van der Waals surface area contributed by atoms with Crippen molar-refractivity contribution in [3.05, 3.63) is 35.1 Å². The van der Waals surface area contributed by atoms with Crippen molar-refractivity contribution in [2.45, 2.75) is 19.9 Å². The fourth-order valence-electron chi connectivity index (χ4n) is 2.12. The monoisotopic (exact) mass is 235 g/mol. The number of likely N-dealkylation sites (N-methyl/N-ethyl adjacent to an activating group) is 1. The van der Waals surface area contributed by atoms with Crippen molar-refractivity contribution in [1.29, 1.82) is 5.41 Å². The Hall–Kier alpha value is -1.91. The third-order valence-electron chi connectivity index (χ3n) is 2.95. The minimum Gasteiger partial charge on any atom is -0.310 e. The van der Waals surface area contributed by atoms with Crippen LogP contribution < -0.4 is 5.32 Å². The number of carbonyl (C=O) groups is 1. The van der Waals surface area contributed by atoms with E-state index < -0.39 is 6.04 Å². The van der Waals surface area contributed by atoms with Crippen LogP contribution in [0.4, 0.5) is 9.18 Å². The number of hydrogen-bond donors (Lipinski definition) is 2. The van der Waals surface area contributed by atoms with Gasteiger partial charge in [-0.1, -0.05) is 6.07 Å². The number of hydrogen-bond acceptors (Lipinski definition) is 2. The summed E-state index contributed by atoms with van der Waals surface area (Å²) in [4.78, 5) is 13.1. The van der Waals surface area contributed by atoms with Crippen molar-refractivity contribution in [2.75, 3.05) is 6.54 Å². The van der Waals surface area contributed by atoms with Crippen LogP contribution in [0.1, 0.15) is 24.1 Å². The van der Waals surface area contributed by atoms with Crippen LogP contribution >= 0.6 is 0 Å². The standard InChI is InChI=1S/C12H14FN3O/c1-3-16-10(11(14)15-12(16)17)9-5-4-8(13)6-7(9)2/h4-6,10H,3H2,1-2H3,(H2,14,15,17). The summed E-state index contributed by atoms with van der Waals surface area (Å²) in [5.41, 5.74) is 1.53. The van der Waals surface area contributed by atoms with Gasteiger partial charge in [-0.2, -0.15) is 0 Å². The van der Waals surface area contributed by atoms with Crippen molar-refractivity contribution in [2.24, 2.45) is 0 Å². The molecule has 0 aromatic heterocycles. The Bertz CT molecular complexity index is 487. The smallest absolute Gasteiger partial charge is 0.310 e. The van der Waals surface area contributed by atoms with Crippen LogP contribution in [0.2, 0.25) is 0 Å². The Morgan fingerprint density at radius 1 is 1.53 bits per heavy atom. The van der Waals surface area contributed by atoms with Crippen LogP contribution in [0.25, 0.3) is 0 Å². The highest BCUT2D eigenvalue weighted by molar-refractivity contribution is 6.06. The highest BCUT2D eigenvalue weighted by Crippen LogP contribution is 2.28. The SMILES string of the molecule is CCN1C(=O)NC(=N)C1c1ccc(F)cc1C. The van der Waals surface area contributed by atoms with Crippen LogP contribution in [-0.4, -0.2) is 23.3 Å². The van der Waals surface area contributed by atoms with Crippen molar-refractivity contribution < 1.29 is 9.18 Å². The summed E-state index contributed by atoms with van der Waals surface area (Å²) in [5, 5.41) is 10.3. The Morgan fingerprint density at radius 2 is 2.24 bits per heavy atom. The lowest BCUT2D eigenvalue weighted by Gasteiger charge is -2.22. The Labute approximate surface area is 98.9 Å². The van der Waals surface area contributed by atoms with E-state index in [-0.39, 0.29) is 17.7 Å². The quantitative estimate of drug-likeness (QED) is 0.811. The normalized spacial score (nSPS) is 19.7. The first-order chi connectivity index (χ1) is 8.04. The number of rotatable bonds is 2. The number of nitrogens with zero attached hydrogens (tertiary/aromatic N) is 1. The molecule has 1 heterocycles. The van der Waals surface area contributed by atoms with Gasteiger partial charge in [-0.25, -0.2) is 9.18 Å².